The molecular formula is C12H7F9O3S. The third kappa shape index (κ3) is 5.17. The number of halogens is 9. The van der Waals surface area contributed by atoms with Crippen molar-refractivity contribution in [1.29, 1.82) is 0 Å². The number of hydrogen-bond acceptors (Lipinski definition) is 4. The summed E-state index contributed by atoms with van der Waals surface area (Å²) in [6.07, 6.45) is -12.8. The summed E-state index contributed by atoms with van der Waals surface area (Å²) >= 11 is -0.587. The van der Waals surface area contributed by atoms with Crippen molar-refractivity contribution in [3.05, 3.63) is 29.8 Å². The van der Waals surface area contributed by atoms with Crippen LogP contribution in [0.15, 0.2) is 29.2 Å². The Balaban J connectivity index is 2.93. The fourth-order valence-electron chi connectivity index (χ4n) is 1.48. The van der Waals surface area contributed by atoms with Crippen LogP contribution >= 0.6 is 11.8 Å². The summed E-state index contributed by atoms with van der Waals surface area (Å²) in [5.74, 6) is -3.04. The van der Waals surface area contributed by atoms with Crippen molar-refractivity contribution in [3.8, 4) is 0 Å². The van der Waals surface area contributed by atoms with Gasteiger partial charge in [-0.3, -0.25) is 0 Å². The highest BCUT2D eigenvalue weighted by Gasteiger charge is 2.76. The molecule has 0 fully saturated rings. The molecule has 13 heteroatoms. The number of thioether (sulfide) groups is 1. The van der Waals surface area contributed by atoms with Crippen LogP contribution in [0, 0.1) is 0 Å². The average Bonchev–Trinajstić information content (AvgIpc) is 2.39. The monoisotopic (exact) mass is 402 g/mol. The van der Waals surface area contributed by atoms with Crippen molar-refractivity contribution >= 4 is 17.7 Å². The molecule has 0 aliphatic rings. The fourth-order valence-corrected chi connectivity index (χ4v) is 2.10. The molecule has 0 heterocycles. The van der Waals surface area contributed by atoms with Crippen LogP contribution in [0.3, 0.4) is 0 Å². The van der Waals surface area contributed by atoms with Crippen molar-refractivity contribution in [2.24, 2.45) is 0 Å². The van der Waals surface area contributed by atoms with Crippen LogP contribution in [0.2, 0.25) is 0 Å². The second-order valence-electron chi connectivity index (χ2n) is 4.48. The summed E-state index contributed by atoms with van der Waals surface area (Å²) in [6, 6.07) is 3.77. The normalized spacial score (nSPS) is 13.7. The molecular weight excluding hydrogens is 395 g/mol. The quantitative estimate of drug-likeness (QED) is 0.466. The van der Waals surface area contributed by atoms with E-state index in [9.17, 15) is 44.3 Å². The highest BCUT2D eigenvalue weighted by Crippen LogP contribution is 2.44. The van der Waals surface area contributed by atoms with E-state index in [-0.39, 0.29) is 5.56 Å². The SMILES string of the molecule is O=C(OCc1cccc(SC(F)(F)F)c1)C(O)(C(F)(F)F)C(F)(F)F. The Morgan fingerprint density at radius 1 is 1.00 bits per heavy atom. The molecule has 0 aromatic heterocycles. The zero-order valence-corrected chi connectivity index (χ0v) is 12.4. The number of ether oxygens (including phenoxy) is 1. The highest BCUT2D eigenvalue weighted by atomic mass is 32.2. The van der Waals surface area contributed by atoms with Crippen LogP contribution in [-0.2, 0) is 16.1 Å². The molecule has 0 radical (unpaired) electrons. The minimum Gasteiger partial charge on any atom is -0.458 e. The Morgan fingerprint density at radius 3 is 1.96 bits per heavy atom. The lowest BCUT2D eigenvalue weighted by atomic mass is 10.0. The topological polar surface area (TPSA) is 46.5 Å². The molecule has 0 unspecified atom stereocenters. The first kappa shape index (κ1) is 21.4. The Morgan fingerprint density at radius 2 is 1.52 bits per heavy atom. The first-order chi connectivity index (χ1) is 11.1. The van der Waals surface area contributed by atoms with Crippen molar-refractivity contribution in [3.63, 3.8) is 0 Å². The lowest BCUT2D eigenvalue weighted by Crippen LogP contribution is -2.62. The smallest absolute Gasteiger partial charge is 0.446 e. The minimum atomic E-state index is -6.41. The fraction of sp³-hybridized carbons (Fsp3) is 0.417. The second kappa shape index (κ2) is 6.94. The van der Waals surface area contributed by atoms with Gasteiger partial charge in [0, 0.05) is 4.90 Å². The highest BCUT2D eigenvalue weighted by molar-refractivity contribution is 8.00. The van der Waals surface area contributed by atoms with Gasteiger partial charge in [0.1, 0.15) is 6.61 Å². The summed E-state index contributed by atoms with van der Waals surface area (Å²) in [7, 11) is 0. The number of rotatable bonds is 4. The third-order valence-electron chi connectivity index (χ3n) is 2.62. The van der Waals surface area contributed by atoms with Gasteiger partial charge in [0.25, 0.3) is 0 Å². The Labute approximate surface area is 137 Å². The number of carbonyl (C=O) groups excluding carboxylic acids is 1. The van der Waals surface area contributed by atoms with Gasteiger partial charge in [-0.1, -0.05) is 12.1 Å². The third-order valence-corrected chi connectivity index (χ3v) is 3.34. The van der Waals surface area contributed by atoms with Gasteiger partial charge in [-0.15, -0.1) is 0 Å². The van der Waals surface area contributed by atoms with Crippen LogP contribution in [0.4, 0.5) is 39.5 Å². The zero-order valence-electron chi connectivity index (χ0n) is 11.6. The van der Waals surface area contributed by atoms with Gasteiger partial charge in [0.15, 0.2) is 0 Å². The first-order valence-electron chi connectivity index (χ1n) is 5.95. The molecule has 25 heavy (non-hydrogen) atoms. The van der Waals surface area contributed by atoms with E-state index < -0.39 is 52.7 Å². The molecule has 1 aromatic rings. The van der Waals surface area contributed by atoms with Crippen LogP contribution < -0.4 is 0 Å². The van der Waals surface area contributed by atoms with Gasteiger partial charge in [0.2, 0.25) is 0 Å². The Kier molecular flexibility index (Phi) is 5.94. The maximum atomic E-state index is 12.4. The molecule has 0 saturated carbocycles. The summed E-state index contributed by atoms with van der Waals surface area (Å²) in [6.45, 7) is -1.21. The standard InChI is InChI=1S/C12H7F9O3S/c13-10(14,15)9(23,11(16,17)18)8(22)24-5-6-2-1-3-7(4-6)25-12(19,20)21/h1-4,23H,5H2. The van der Waals surface area contributed by atoms with E-state index in [4.69, 9.17) is 5.11 Å². The first-order valence-corrected chi connectivity index (χ1v) is 6.77. The lowest BCUT2D eigenvalue weighted by Gasteiger charge is -2.29. The summed E-state index contributed by atoms with van der Waals surface area (Å²) in [5.41, 5.74) is -10.7. The zero-order chi connectivity index (χ0) is 19.7. The maximum absolute atomic E-state index is 12.4. The molecule has 0 saturated heterocycles. The predicted molar refractivity (Wildman–Crippen MR) is 65.2 cm³/mol. The van der Waals surface area contributed by atoms with E-state index >= 15 is 0 Å². The minimum absolute atomic E-state index is 0.311. The molecule has 1 rings (SSSR count). The number of aliphatic hydroxyl groups is 1. The average molecular weight is 402 g/mol. The van der Waals surface area contributed by atoms with E-state index in [0.29, 0.717) is 0 Å². The Bertz CT molecular complexity index is 607. The molecule has 1 N–H and O–H groups in total. The Hall–Kier alpha value is -1.63. The van der Waals surface area contributed by atoms with Gasteiger partial charge in [0.05, 0.1) is 0 Å². The van der Waals surface area contributed by atoms with Crippen molar-refractivity contribution < 1.29 is 54.2 Å². The largest absolute Gasteiger partial charge is 0.458 e. The van der Waals surface area contributed by atoms with Gasteiger partial charge in [-0.25, -0.2) is 4.79 Å². The van der Waals surface area contributed by atoms with Gasteiger partial charge < -0.3 is 9.84 Å². The summed E-state index contributed by atoms with van der Waals surface area (Å²) in [4.78, 5) is 10.7. The van der Waals surface area contributed by atoms with E-state index in [1.807, 2.05) is 0 Å². The second-order valence-corrected chi connectivity index (χ2v) is 5.62. The molecule has 0 aliphatic carbocycles. The molecule has 0 atom stereocenters. The van der Waals surface area contributed by atoms with Gasteiger partial charge in [-0.2, -0.15) is 39.5 Å². The number of esters is 1. The molecule has 1 aromatic carbocycles. The van der Waals surface area contributed by atoms with Crippen LogP contribution in [0.1, 0.15) is 5.56 Å². The van der Waals surface area contributed by atoms with Crippen LogP contribution in [0.25, 0.3) is 0 Å². The van der Waals surface area contributed by atoms with E-state index in [2.05, 4.69) is 4.74 Å². The van der Waals surface area contributed by atoms with Gasteiger partial charge >= 0.3 is 29.4 Å². The molecule has 0 aliphatic heterocycles. The van der Waals surface area contributed by atoms with E-state index in [0.717, 1.165) is 24.3 Å². The predicted octanol–water partition coefficient (Wildman–Crippen LogP) is 4.20. The number of carbonyl (C=O) groups is 1. The molecule has 0 spiro atoms. The number of benzene rings is 1. The van der Waals surface area contributed by atoms with Crippen molar-refractivity contribution in [1.82, 2.24) is 0 Å². The van der Waals surface area contributed by atoms with Crippen LogP contribution in [-0.4, -0.2) is 34.5 Å². The van der Waals surface area contributed by atoms with Crippen molar-refractivity contribution in [2.75, 3.05) is 0 Å². The summed E-state index contributed by atoms with van der Waals surface area (Å²) in [5, 5.41) is 8.76. The number of hydrogen-bond donors (Lipinski definition) is 1. The molecule has 3 nitrogen and oxygen atoms in total. The maximum Gasteiger partial charge on any atom is 0.446 e. The van der Waals surface area contributed by atoms with E-state index in [1.54, 1.807) is 0 Å². The van der Waals surface area contributed by atoms with Gasteiger partial charge in [-0.05, 0) is 29.5 Å². The molecule has 0 bridgehead atoms. The molecule has 0 amide bonds. The van der Waals surface area contributed by atoms with Crippen LogP contribution in [0.5, 0.6) is 0 Å². The van der Waals surface area contributed by atoms with E-state index in [1.165, 1.54) is 0 Å². The molecule has 142 valence electrons. The lowest BCUT2D eigenvalue weighted by molar-refractivity contribution is -0.357. The number of alkyl halides is 9. The summed E-state index contributed by atoms with van der Waals surface area (Å²) < 4.78 is 115. The van der Waals surface area contributed by atoms with Crippen molar-refractivity contribution in [2.45, 2.75) is 35.0 Å².